The van der Waals surface area contributed by atoms with Crippen LogP contribution >= 0.6 is 0 Å². The summed E-state index contributed by atoms with van der Waals surface area (Å²) in [6.07, 6.45) is 0. The normalized spacial score (nSPS) is 10.2. The lowest BCUT2D eigenvalue weighted by molar-refractivity contribution is -0.386. The van der Waals surface area contributed by atoms with E-state index in [1.54, 1.807) is 26.0 Å². The summed E-state index contributed by atoms with van der Waals surface area (Å²) in [7, 11) is 0. The predicted molar refractivity (Wildman–Crippen MR) is 86.7 cm³/mol. The topological polar surface area (TPSA) is 105 Å². The lowest BCUT2D eigenvalue weighted by Gasteiger charge is -2.09. The first-order chi connectivity index (χ1) is 11.4. The van der Waals surface area contributed by atoms with Gasteiger partial charge in [-0.15, -0.1) is 0 Å². The van der Waals surface area contributed by atoms with E-state index in [0.717, 1.165) is 11.1 Å². The van der Waals surface area contributed by atoms with Gasteiger partial charge in [0.05, 0.1) is 9.85 Å². The monoisotopic (exact) mass is 332 g/mol. The Balaban J connectivity index is 1.99. The van der Waals surface area contributed by atoms with Gasteiger partial charge in [-0.1, -0.05) is 12.1 Å². The van der Waals surface area contributed by atoms with Gasteiger partial charge in [-0.2, -0.15) is 0 Å². The minimum atomic E-state index is -0.520. The van der Waals surface area contributed by atoms with Crippen LogP contribution in [-0.4, -0.2) is 23.1 Å². The van der Waals surface area contributed by atoms with Crippen molar-refractivity contribution in [1.82, 2.24) is 0 Å². The first-order valence-electron chi connectivity index (χ1n) is 7.14. The summed E-state index contributed by atoms with van der Waals surface area (Å²) >= 11 is 0. The summed E-state index contributed by atoms with van der Waals surface area (Å²) in [5.41, 5.74) is 1.24. The van der Waals surface area contributed by atoms with Crippen LogP contribution in [0.3, 0.4) is 0 Å². The lowest BCUT2D eigenvalue weighted by atomic mass is 10.2. The van der Waals surface area contributed by atoms with Gasteiger partial charge in [-0.05, 0) is 37.1 Å². The summed E-state index contributed by atoms with van der Waals surface area (Å²) in [5.74, 6) is 0.264. The van der Waals surface area contributed by atoms with Gasteiger partial charge in [0.25, 0.3) is 0 Å². The summed E-state index contributed by atoms with van der Waals surface area (Å²) in [4.78, 5) is 21.0. The molecule has 2 aromatic rings. The van der Waals surface area contributed by atoms with E-state index in [0.29, 0.717) is 0 Å². The van der Waals surface area contributed by atoms with E-state index in [9.17, 15) is 20.2 Å². The largest absolute Gasteiger partial charge is 0.483 e. The van der Waals surface area contributed by atoms with Gasteiger partial charge in [0.15, 0.2) is 11.5 Å². The molecule has 0 saturated heterocycles. The summed E-state index contributed by atoms with van der Waals surface area (Å²) in [6.45, 7) is 3.54. The Morgan fingerprint density at radius 1 is 0.792 bits per heavy atom. The van der Waals surface area contributed by atoms with Gasteiger partial charge >= 0.3 is 11.4 Å². The number of hydrogen-bond donors (Lipinski definition) is 0. The molecule has 0 spiro atoms. The Bertz CT molecular complexity index is 710. The molecule has 0 fully saturated rings. The van der Waals surface area contributed by atoms with Crippen LogP contribution in [0.15, 0.2) is 36.4 Å². The number of nitro benzene ring substituents is 2. The number of ether oxygens (including phenoxy) is 2. The highest BCUT2D eigenvalue weighted by atomic mass is 16.6. The van der Waals surface area contributed by atoms with Gasteiger partial charge in [0.1, 0.15) is 13.2 Å². The average molecular weight is 332 g/mol. The second kappa shape index (κ2) is 7.40. The van der Waals surface area contributed by atoms with Crippen molar-refractivity contribution in [1.29, 1.82) is 0 Å². The quantitative estimate of drug-likeness (QED) is 0.436. The van der Waals surface area contributed by atoms with Crippen LogP contribution in [0.2, 0.25) is 0 Å². The third-order valence-electron chi connectivity index (χ3n) is 3.22. The predicted octanol–water partition coefficient (Wildman–Crippen LogP) is 3.58. The zero-order valence-electron chi connectivity index (χ0n) is 13.2. The second-order valence-electron chi connectivity index (χ2n) is 5.15. The molecule has 0 atom stereocenters. The number of nitrogens with zero attached hydrogens (tertiary/aromatic N) is 2. The standard InChI is InChI=1S/C16H16N2O6/c1-11-3-5-15(13(9-11)17(19)20)23-7-8-24-16-6-4-12(2)10-14(16)18(21)22/h3-6,9-10H,7-8H2,1-2H3. The molecule has 8 nitrogen and oxygen atoms in total. The van der Waals surface area contributed by atoms with E-state index < -0.39 is 9.85 Å². The molecule has 0 saturated carbocycles. The van der Waals surface area contributed by atoms with Gasteiger partial charge in [0, 0.05) is 12.1 Å². The minimum Gasteiger partial charge on any atom is -0.483 e. The van der Waals surface area contributed by atoms with Crippen LogP contribution < -0.4 is 9.47 Å². The van der Waals surface area contributed by atoms with Gasteiger partial charge < -0.3 is 9.47 Å². The highest BCUT2D eigenvalue weighted by Gasteiger charge is 2.17. The van der Waals surface area contributed by atoms with Crippen molar-refractivity contribution in [3.05, 3.63) is 67.8 Å². The molecular weight excluding hydrogens is 316 g/mol. The van der Waals surface area contributed by atoms with Gasteiger partial charge in [-0.3, -0.25) is 20.2 Å². The maximum atomic E-state index is 11.0. The Morgan fingerprint density at radius 3 is 1.50 bits per heavy atom. The zero-order valence-corrected chi connectivity index (χ0v) is 13.2. The fourth-order valence-electron chi connectivity index (χ4n) is 2.09. The highest BCUT2D eigenvalue weighted by Crippen LogP contribution is 2.29. The molecule has 0 amide bonds. The molecule has 0 radical (unpaired) electrons. The van der Waals surface area contributed by atoms with Crippen molar-refractivity contribution in [3.63, 3.8) is 0 Å². The molecule has 2 rings (SSSR count). The molecule has 0 aliphatic rings. The molecule has 0 aromatic heterocycles. The van der Waals surface area contributed by atoms with E-state index in [-0.39, 0.29) is 36.1 Å². The third-order valence-corrected chi connectivity index (χ3v) is 3.22. The van der Waals surface area contributed by atoms with E-state index in [1.165, 1.54) is 24.3 Å². The summed E-state index contributed by atoms with van der Waals surface area (Å²) < 4.78 is 10.7. The smallest absolute Gasteiger partial charge is 0.311 e. The fourth-order valence-corrected chi connectivity index (χ4v) is 2.09. The van der Waals surface area contributed by atoms with Crippen LogP contribution in [0, 0.1) is 34.1 Å². The molecule has 0 heterocycles. The highest BCUT2D eigenvalue weighted by molar-refractivity contribution is 5.49. The average Bonchev–Trinajstić information content (AvgIpc) is 2.53. The Kier molecular flexibility index (Phi) is 5.31. The SMILES string of the molecule is Cc1ccc(OCCOc2ccc(C)cc2[N+](=O)[O-])c([N+](=O)[O-])c1. The van der Waals surface area contributed by atoms with Crippen LogP contribution in [0.1, 0.15) is 11.1 Å². The fraction of sp³-hybridized carbons (Fsp3) is 0.250. The lowest BCUT2D eigenvalue weighted by Crippen LogP contribution is -2.11. The Labute approximate surface area is 137 Å². The Morgan fingerprint density at radius 2 is 1.17 bits per heavy atom. The molecule has 0 aliphatic carbocycles. The summed E-state index contributed by atoms with van der Waals surface area (Å²) in [6, 6.07) is 9.27. The van der Waals surface area contributed by atoms with Crippen molar-refractivity contribution in [2.24, 2.45) is 0 Å². The molecule has 0 bridgehead atoms. The third kappa shape index (κ3) is 4.19. The number of aryl methyl sites for hydroxylation is 2. The number of nitro groups is 2. The first-order valence-corrected chi connectivity index (χ1v) is 7.14. The Hall–Kier alpha value is -3.16. The van der Waals surface area contributed by atoms with E-state index in [2.05, 4.69) is 0 Å². The molecule has 8 heteroatoms. The van der Waals surface area contributed by atoms with Crippen LogP contribution in [0.4, 0.5) is 11.4 Å². The molecule has 2 aromatic carbocycles. The van der Waals surface area contributed by atoms with Crippen molar-refractivity contribution in [3.8, 4) is 11.5 Å². The van der Waals surface area contributed by atoms with E-state index >= 15 is 0 Å². The maximum Gasteiger partial charge on any atom is 0.311 e. The van der Waals surface area contributed by atoms with Gasteiger partial charge in [-0.25, -0.2) is 0 Å². The number of rotatable bonds is 7. The molecule has 24 heavy (non-hydrogen) atoms. The van der Waals surface area contributed by atoms with Gasteiger partial charge in [0.2, 0.25) is 0 Å². The minimum absolute atomic E-state index is 0.0227. The molecule has 0 N–H and O–H groups in total. The van der Waals surface area contributed by atoms with E-state index in [4.69, 9.17) is 9.47 Å². The number of benzene rings is 2. The van der Waals surface area contributed by atoms with E-state index in [1.807, 2.05) is 0 Å². The van der Waals surface area contributed by atoms with Crippen molar-refractivity contribution < 1.29 is 19.3 Å². The molecular formula is C16H16N2O6. The molecule has 0 aliphatic heterocycles. The van der Waals surface area contributed by atoms with Crippen LogP contribution in [0.5, 0.6) is 11.5 Å². The first kappa shape index (κ1) is 17.2. The molecule has 0 unspecified atom stereocenters. The number of hydrogen-bond acceptors (Lipinski definition) is 6. The van der Waals surface area contributed by atoms with Crippen LogP contribution in [0.25, 0.3) is 0 Å². The van der Waals surface area contributed by atoms with Crippen molar-refractivity contribution in [2.75, 3.05) is 13.2 Å². The van der Waals surface area contributed by atoms with Crippen molar-refractivity contribution >= 4 is 11.4 Å². The molecule has 126 valence electrons. The second-order valence-corrected chi connectivity index (χ2v) is 5.15. The van der Waals surface area contributed by atoms with Crippen molar-refractivity contribution in [2.45, 2.75) is 13.8 Å². The van der Waals surface area contributed by atoms with Crippen LogP contribution in [-0.2, 0) is 0 Å². The summed E-state index contributed by atoms with van der Waals surface area (Å²) in [5, 5.41) is 22.0. The maximum absolute atomic E-state index is 11.0. The zero-order chi connectivity index (χ0) is 17.7.